The van der Waals surface area contributed by atoms with Crippen molar-refractivity contribution in [1.82, 2.24) is 5.16 Å². The molecule has 6 nitrogen and oxygen atoms in total. The molecule has 6 heteroatoms. The number of amides is 1. The first-order valence-corrected chi connectivity index (χ1v) is 5.55. The quantitative estimate of drug-likeness (QED) is 0.830. The molecule has 0 spiro atoms. The second kappa shape index (κ2) is 4.57. The summed E-state index contributed by atoms with van der Waals surface area (Å²) < 4.78 is 4.86. The molecule has 0 saturated heterocycles. The van der Waals surface area contributed by atoms with Crippen LogP contribution < -0.4 is 5.32 Å². The van der Waals surface area contributed by atoms with Crippen molar-refractivity contribution in [2.45, 2.75) is 26.2 Å². The minimum absolute atomic E-state index is 0.267. The maximum Gasteiger partial charge on any atom is 0.307 e. The van der Waals surface area contributed by atoms with Crippen molar-refractivity contribution in [3.05, 3.63) is 11.8 Å². The summed E-state index contributed by atoms with van der Waals surface area (Å²) in [5.74, 6) is -2.00. The second-order valence-electron chi connectivity index (χ2n) is 4.30. The number of carboxylic acid groups (broad SMARTS) is 1. The summed E-state index contributed by atoms with van der Waals surface area (Å²) in [7, 11) is 0. The van der Waals surface area contributed by atoms with Crippen molar-refractivity contribution in [3.63, 3.8) is 0 Å². The zero-order valence-corrected chi connectivity index (χ0v) is 9.47. The van der Waals surface area contributed by atoms with Crippen LogP contribution in [0.2, 0.25) is 0 Å². The minimum Gasteiger partial charge on any atom is -0.481 e. The van der Waals surface area contributed by atoms with Gasteiger partial charge in [0.25, 0.3) is 0 Å². The molecule has 1 fully saturated rings. The summed E-state index contributed by atoms with van der Waals surface area (Å²) in [5, 5.41) is 15.2. The molecular formula is C11H14N2O4. The number of carboxylic acids is 1. The lowest BCUT2D eigenvalue weighted by atomic mass is 9.95. The maximum absolute atomic E-state index is 11.9. The summed E-state index contributed by atoms with van der Waals surface area (Å²) in [6.45, 7) is 1.74. The Kier molecular flexibility index (Phi) is 3.12. The number of aryl methyl sites for hydroxylation is 1. The summed E-state index contributed by atoms with van der Waals surface area (Å²) >= 11 is 0. The van der Waals surface area contributed by atoms with Crippen LogP contribution in [0.15, 0.2) is 10.6 Å². The van der Waals surface area contributed by atoms with Crippen LogP contribution in [-0.2, 0) is 9.59 Å². The predicted octanol–water partition coefficient (Wildman–Crippen LogP) is 1.42. The molecule has 0 bridgehead atoms. The van der Waals surface area contributed by atoms with Gasteiger partial charge in [0.1, 0.15) is 0 Å². The Morgan fingerprint density at radius 3 is 2.76 bits per heavy atom. The van der Waals surface area contributed by atoms with E-state index >= 15 is 0 Å². The minimum atomic E-state index is -0.906. The Hall–Kier alpha value is -1.85. The number of aliphatic carboxylic acids is 1. The SMILES string of the molecule is Cc1cc(NC(=O)[C@@H]2CCC[C@@H]2C(=O)O)on1. The smallest absolute Gasteiger partial charge is 0.307 e. The summed E-state index contributed by atoms with van der Waals surface area (Å²) in [5.41, 5.74) is 0.668. The largest absolute Gasteiger partial charge is 0.481 e. The fraction of sp³-hybridized carbons (Fsp3) is 0.545. The molecule has 1 amide bonds. The Labute approximate surface area is 98.0 Å². The molecule has 1 aliphatic carbocycles. The third kappa shape index (κ3) is 2.46. The van der Waals surface area contributed by atoms with E-state index in [4.69, 9.17) is 9.63 Å². The van der Waals surface area contributed by atoms with Crippen LogP contribution in [0.25, 0.3) is 0 Å². The van der Waals surface area contributed by atoms with Gasteiger partial charge in [0.2, 0.25) is 11.8 Å². The number of carbonyl (C=O) groups excluding carboxylic acids is 1. The number of hydrogen-bond donors (Lipinski definition) is 2. The molecule has 1 saturated carbocycles. The molecule has 0 aliphatic heterocycles. The predicted molar refractivity (Wildman–Crippen MR) is 58.3 cm³/mol. The van der Waals surface area contributed by atoms with E-state index in [0.29, 0.717) is 18.5 Å². The van der Waals surface area contributed by atoms with E-state index in [-0.39, 0.29) is 11.8 Å². The summed E-state index contributed by atoms with van der Waals surface area (Å²) in [4.78, 5) is 22.8. The van der Waals surface area contributed by atoms with Gasteiger partial charge in [-0.05, 0) is 19.8 Å². The normalized spacial score (nSPS) is 23.6. The standard InChI is InChI=1S/C11H14N2O4/c1-6-5-9(17-13-6)12-10(14)7-3-2-4-8(7)11(15)16/h5,7-8H,2-4H2,1H3,(H,12,14)(H,15,16)/t7-,8+/m1/s1. The first kappa shape index (κ1) is 11.6. The molecule has 1 aromatic heterocycles. The Bertz CT molecular complexity index is 440. The Morgan fingerprint density at radius 1 is 1.47 bits per heavy atom. The van der Waals surface area contributed by atoms with Crippen LogP contribution in [0.3, 0.4) is 0 Å². The van der Waals surface area contributed by atoms with Crippen molar-refractivity contribution in [3.8, 4) is 0 Å². The van der Waals surface area contributed by atoms with Crippen LogP contribution >= 0.6 is 0 Å². The Balaban J connectivity index is 2.02. The molecule has 0 unspecified atom stereocenters. The number of aromatic nitrogens is 1. The molecule has 0 aromatic carbocycles. The number of carbonyl (C=O) groups is 2. The first-order valence-electron chi connectivity index (χ1n) is 5.55. The van der Waals surface area contributed by atoms with E-state index in [1.165, 1.54) is 0 Å². The lowest BCUT2D eigenvalue weighted by molar-refractivity contribution is -0.145. The number of anilines is 1. The topological polar surface area (TPSA) is 92.4 Å². The van der Waals surface area contributed by atoms with Crippen LogP contribution in [0.4, 0.5) is 5.88 Å². The van der Waals surface area contributed by atoms with Gasteiger partial charge in [-0.25, -0.2) is 0 Å². The highest BCUT2D eigenvalue weighted by Crippen LogP contribution is 2.32. The average molecular weight is 238 g/mol. The molecule has 1 heterocycles. The highest BCUT2D eigenvalue weighted by Gasteiger charge is 2.37. The lowest BCUT2D eigenvalue weighted by Crippen LogP contribution is -2.29. The van der Waals surface area contributed by atoms with Gasteiger partial charge in [-0.1, -0.05) is 11.6 Å². The van der Waals surface area contributed by atoms with Gasteiger partial charge in [-0.3, -0.25) is 14.9 Å². The van der Waals surface area contributed by atoms with Crippen LogP contribution in [0.1, 0.15) is 25.0 Å². The van der Waals surface area contributed by atoms with Crippen LogP contribution in [0.5, 0.6) is 0 Å². The molecule has 92 valence electrons. The van der Waals surface area contributed by atoms with Crippen molar-refractivity contribution in [2.75, 3.05) is 5.32 Å². The van der Waals surface area contributed by atoms with Crippen LogP contribution in [0, 0.1) is 18.8 Å². The number of hydrogen-bond acceptors (Lipinski definition) is 4. The number of rotatable bonds is 3. The van der Waals surface area contributed by atoms with Gasteiger partial charge in [0, 0.05) is 6.07 Å². The van der Waals surface area contributed by atoms with Crippen LogP contribution in [-0.4, -0.2) is 22.1 Å². The first-order chi connectivity index (χ1) is 8.08. The van der Waals surface area contributed by atoms with Crippen molar-refractivity contribution >= 4 is 17.8 Å². The van der Waals surface area contributed by atoms with Crippen molar-refractivity contribution < 1.29 is 19.2 Å². The van der Waals surface area contributed by atoms with Gasteiger partial charge in [0.05, 0.1) is 17.5 Å². The fourth-order valence-corrected chi connectivity index (χ4v) is 2.21. The molecule has 1 aromatic rings. The highest BCUT2D eigenvalue weighted by molar-refractivity contribution is 5.94. The molecular weight excluding hydrogens is 224 g/mol. The summed E-state index contributed by atoms with van der Waals surface area (Å²) in [6.07, 6.45) is 1.93. The van der Waals surface area contributed by atoms with E-state index in [1.54, 1.807) is 13.0 Å². The van der Waals surface area contributed by atoms with E-state index in [2.05, 4.69) is 10.5 Å². The Morgan fingerprint density at radius 2 is 2.18 bits per heavy atom. The second-order valence-corrected chi connectivity index (χ2v) is 4.30. The zero-order chi connectivity index (χ0) is 12.4. The van der Waals surface area contributed by atoms with Crippen molar-refractivity contribution in [2.24, 2.45) is 11.8 Å². The monoisotopic (exact) mass is 238 g/mol. The third-order valence-corrected chi connectivity index (χ3v) is 3.04. The van der Waals surface area contributed by atoms with E-state index in [9.17, 15) is 9.59 Å². The number of nitrogens with zero attached hydrogens (tertiary/aromatic N) is 1. The molecule has 0 radical (unpaired) electrons. The molecule has 2 atom stereocenters. The molecule has 2 N–H and O–H groups in total. The van der Waals surface area contributed by atoms with Gasteiger partial charge in [-0.2, -0.15) is 0 Å². The van der Waals surface area contributed by atoms with E-state index in [1.807, 2.05) is 0 Å². The summed E-state index contributed by atoms with van der Waals surface area (Å²) in [6, 6.07) is 1.60. The molecule has 17 heavy (non-hydrogen) atoms. The van der Waals surface area contributed by atoms with Gasteiger partial charge in [-0.15, -0.1) is 0 Å². The number of nitrogens with one attached hydrogen (secondary N) is 1. The highest BCUT2D eigenvalue weighted by atomic mass is 16.5. The fourth-order valence-electron chi connectivity index (χ4n) is 2.21. The lowest BCUT2D eigenvalue weighted by Gasteiger charge is -2.13. The zero-order valence-electron chi connectivity index (χ0n) is 9.47. The third-order valence-electron chi connectivity index (χ3n) is 3.04. The van der Waals surface area contributed by atoms with Crippen molar-refractivity contribution in [1.29, 1.82) is 0 Å². The maximum atomic E-state index is 11.9. The van der Waals surface area contributed by atoms with E-state index < -0.39 is 17.8 Å². The van der Waals surface area contributed by atoms with Gasteiger partial charge >= 0.3 is 5.97 Å². The van der Waals surface area contributed by atoms with E-state index in [0.717, 1.165) is 6.42 Å². The molecule has 2 rings (SSSR count). The van der Waals surface area contributed by atoms with Gasteiger partial charge < -0.3 is 9.63 Å². The van der Waals surface area contributed by atoms with Gasteiger partial charge in [0.15, 0.2) is 0 Å². The average Bonchev–Trinajstić information content (AvgIpc) is 2.86. The molecule has 1 aliphatic rings.